The minimum atomic E-state index is -0.386. The first-order chi connectivity index (χ1) is 9.22. The van der Waals surface area contributed by atoms with Crippen LogP contribution >= 0.6 is 35.1 Å². The summed E-state index contributed by atoms with van der Waals surface area (Å²) in [6.07, 6.45) is 0. The third kappa shape index (κ3) is 3.18. The lowest BCUT2D eigenvalue weighted by Gasteiger charge is -2.20. The summed E-state index contributed by atoms with van der Waals surface area (Å²) >= 11 is 9.44. The van der Waals surface area contributed by atoms with Crippen LogP contribution in [0.3, 0.4) is 0 Å². The Kier molecular flexibility index (Phi) is 4.21. The number of thioether (sulfide) groups is 2. The Morgan fingerprint density at radius 3 is 3.21 bits per heavy atom. The van der Waals surface area contributed by atoms with Crippen LogP contribution in [0.15, 0.2) is 17.1 Å². The molecule has 0 aromatic heterocycles. The van der Waals surface area contributed by atoms with Crippen LogP contribution in [0.5, 0.6) is 0 Å². The van der Waals surface area contributed by atoms with Gasteiger partial charge in [0.1, 0.15) is 5.82 Å². The molecule has 2 aliphatic heterocycles. The Morgan fingerprint density at radius 2 is 2.42 bits per heavy atom. The highest BCUT2D eigenvalue weighted by atomic mass is 35.5. The molecule has 0 aliphatic carbocycles. The average Bonchev–Trinajstić information content (AvgIpc) is 2.91. The number of hydrogen-bond donors (Lipinski definition) is 1. The summed E-state index contributed by atoms with van der Waals surface area (Å²) in [6, 6.07) is 3.08. The molecule has 1 saturated heterocycles. The maximum absolute atomic E-state index is 13.3. The third-order valence-electron chi connectivity index (χ3n) is 2.99. The summed E-state index contributed by atoms with van der Waals surface area (Å²) in [5.41, 5.74) is 1.71. The van der Waals surface area contributed by atoms with Gasteiger partial charge in [-0.3, -0.25) is 9.89 Å². The summed E-state index contributed by atoms with van der Waals surface area (Å²) in [6.45, 7) is 1.64. The Morgan fingerprint density at radius 1 is 1.53 bits per heavy atom. The van der Waals surface area contributed by atoms with E-state index >= 15 is 0 Å². The third-order valence-corrected chi connectivity index (χ3v) is 5.30. The molecule has 1 aromatic rings. The summed E-state index contributed by atoms with van der Waals surface area (Å²) < 4.78 is 13.3. The second-order valence-corrected chi connectivity index (χ2v) is 6.79. The van der Waals surface area contributed by atoms with E-state index < -0.39 is 0 Å². The van der Waals surface area contributed by atoms with Gasteiger partial charge in [0.15, 0.2) is 5.17 Å². The quantitative estimate of drug-likeness (QED) is 0.904. The van der Waals surface area contributed by atoms with E-state index in [4.69, 9.17) is 11.6 Å². The highest BCUT2D eigenvalue weighted by Gasteiger charge is 2.17. The van der Waals surface area contributed by atoms with E-state index in [9.17, 15) is 4.39 Å². The van der Waals surface area contributed by atoms with E-state index in [1.54, 1.807) is 17.8 Å². The summed E-state index contributed by atoms with van der Waals surface area (Å²) in [4.78, 5) is 6.81. The number of nitrogens with one attached hydrogen (secondary N) is 1. The first-order valence-electron chi connectivity index (χ1n) is 5.94. The van der Waals surface area contributed by atoms with Crippen molar-refractivity contribution in [1.82, 2.24) is 4.90 Å². The predicted molar refractivity (Wildman–Crippen MR) is 82.7 cm³/mol. The molecule has 0 saturated carbocycles. The number of halogens is 2. The van der Waals surface area contributed by atoms with Gasteiger partial charge in [-0.25, -0.2) is 4.39 Å². The standard InChI is InChI=1S/C12H13ClFN3S2/c13-9-4-11-8(3-10(9)14)5-15-12(16-11)19-7-17-1-2-18-6-17/h3-4H,1-2,5-7H2,(H,15,16). The largest absolute Gasteiger partial charge is 0.335 e. The maximum atomic E-state index is 13.3. The Bertz CT molecular complexity index is 518. The van der Waals surface area contributed by atoms with Crippen molar-refractivity contribution >= 4 is 46.0 Å². The van der Waals surface area contributed by atoms with Gasteiger partial charge >= 0.3 is 0 Å². The van der Waals surface area contributed by atoms with Gasteiger partial charge in [0.25, 0.3) is 0 Å². The molecule has 1 aromatic carbocycles. The maximum Gasteiger partial charge on any atom is 0.162 e. The van der Waals surface area contributed by atoms with E-state index in [2.05, 4.69) is 15.2 Å². The number of hydrogen-bond acceptors (Lipinski definition) is 5. The molecule has 0 bridgehead atoms. The second kappa shape index (κ2) is 5.91. The lowest BCUT2D eigenvalue weighted by atomic mass is 10.1. The van der Waals surface area contributed by atoms with Crippen LogP contribution in [-0.4, -0.2) is 34.1 Å². The molecular weight excluding hydrogens is 305 g/mol. The highest BCUT2D eigenvalue weighted by molar-refractivity contribution is 8.14. The van der Waals surface area contributed by atoms with E-state index in [1.807, 2.05) is 11.8 Å². The zero-order valence-electron chi connectivity index (χ0n) is 10.2. The molecule has 0 unspecified atom stereocenters. The van der Waals surface area contributed by atoms with Crippen LogP contribution in [0.2, 0.25) is 5.02 Å². The first-order valence-corrected chi connectivity index (χ1v) is 8.46. The molecule has 0 amide bonds. The number of aliphatic imine (C=N–C) groups is 1. The molecule has 0 spiro atoms. The molecular formula is C12H13ClFN3S2. The van der Waals surface area contributed by atoms with Gasteiger partial charge in [0.05, 0.1) is 17.4 Å². The molecule has 0 radical (unpaired) electrons. The van der Waals surface area contributed by atoms with Crippen LogP contribution in [-0.2, 0) is 6.54 Å². The second-order valence-electron chi connectivity index (χ2n) is 4.38. The van der Waals surface area contributed by atoms with Crippen molar-refractivity contribution in [1.29, 1.82) is 0 Å². The minimum absolute atomic E-state index is 0.147. The van der Waals surface area contributed by atoms with Crippen molar-refractivity contribution in [3.63, 3.8) is 0 Å². The molecule has 1 fully saturated rings. The fourth-order valence-electron chi connectivity index (χ4n) is 1.93. The van der Waals surface area contributed by atoms with E-state index in [0.717, 1.165) is 34.7 Å². The topological polar surface area (TPSA) is 27.6 Å². The van der Waals surface area contributed by atoms with E-state index in [-0.39, 0.29) is 10.8 Å². The van der Waals surface area contributed by atoms with Gasteiger partial charge in [-0.2, -0.15) is 0 Å². The van der Waals surface area contributed by atoms with Crippen molar-refractivity contribution < 1.29 is 4.39 Å². The van der Waals surface area contributed by atoms with Crippen molar-refractivity contribution in [3.05, 3.63) is 28.5 Å². The molecule has 1 N–H and O–H groups in total. The lowest BCUT2D eigenvalue weighted by molar-refractivity contribution is 0.422. The molecule has 2 heterocycles. The van der Waals surface area contributed by atoms with Gasteiger partial charge in [0, 0.05) is 29.4 Å². The Hall–Kier alpha value is -0.430. The van der Waals surface area contributed by atoms with Gasteiger partial charge in [-0.1, -0.05) is 23.4 Å². The van der Waals surface area contributed by atoms with Crippen LogP contribution in [0, 0.1) is 5.82 Å². The molecule has 102 valence electrons. The first kappa shape index (κ1) is 13.5. The molecule has 19 heavy (non-hydrogen) atoms. The number of rotatable bonds is 2. The van der Waals surface area contributed by atoms with Gasteiger partial charge in [-0.05, 0) is 12.1 Å². The van der Waals surface area contributed by atoms with Crippen molar-refractivity contribution in [3.8, 4) is 0 Å². The number of anilines is 1. The molecule has 7 heteroatoms. The van der Waals surface area contributed by atoms with Crippen molar-refractivity contribution in [2.45, 2.75) is 6.54 Å². The summed E-state index contributed by atoms with van der Waals surface area (Å²) in [7, 11) is 0. The normalized spacial score (nSPS) is 18.9. The van der Waals surface area contributed by atoms with E-state index in [1.165, 1.54) is 11.8 Å². The Labute approximate surface area is 125 Å². The number of fused-ring (bicyclic) bond motifs is 1. The van der Waals surface area contributed by atoms with Crippen LogP contribution in [0.1, 0.15) is 5.56 Å². The van der Waals surface area contributed by atoms with Crippen LogP contribution in [0.4, 0.5) is 10.1 Å². The monoisotopic (exact) mass is 317 g/mol. The molecule has 0 atom stereocenters. The fourth-order valence-corrected chi connectivity index (χ4v) is 4.07. The van der Waals surface area contributed by atoms with Crippen molar-refractivity contribution in [2.24, 2.45) is 4.99 Å². The smallest absolute Gasteiger partial charge is 0.162 e. The number of benzene rings is 1. The lowest BCUT2D eigenvalue weighted by Crippen LogP contribution is -2.22. The molecule has 2 aliphatic rings. The Balaban J connectivity index is 1.63. The SMILES string of the molecule is Fc1cc2c(cc1Cl)NC(SCN1CCSC1)=NC2. The minimum Gasteiger partial charge on any atom is -0.335 e. The van der Waals surface area contributed by atoms with Gasteiger partial charge < -0.3 is 5.32 Å². The number of nitrogens with zero attached hydrogens (tertiary/aromatic N) is 2. The summed E-state index contributed by atoms with van der Waals surface area (Å²) in [5, 5.41) is 4.25. The zero-order chi connectivity index (χ0) is 13.2. The fraction of sp³-hybridized carbons (Fsp3) is 0.417. The predicted octanol–water partition coefficient (Wildman–Crippen LogP) is 3.46. The van der Waals surface area contributed by atoms with Crippen molar-refractivity contribution in [2.75, 3.05) is 29.4 Å². The van der Waals surface area contributed by atoms with Gasteiger partial charge in [-0.15, -0.1) is 11.8 Å². The number of amidine groups is 1. The van der Waals surface area contributed by atoms with E-state index in [0.29, 0.717) is 6.54 Å². The summed E-state index contributed by atoms with van der Waals surface area (Å²) in [5.74, 6) is 2.84. The van der Waals surface area contributed by atoms with Crippen LogP contribution < -0.4 is 5.32 Å². The molecule has 3 nitrogen and oxygen atoms in total. The van der Waals surface area contributed by atoms with Crippen LogP contribution in [0.25, 0.3) is 0 Å². The average molecular weight is 318 g/mol. The molecule has 3 rings (SSSR count). The van der Waals surface area contributed by atoms with Gasteiger partial charge in [0.2, 0.25) is 0 Å². The highest BCUT2D eigenvalue weighted by Crippen LogP contribution is 2.29. The zero-order valence-corrected chi connectivity index (χ0v) is 12.5.